The molecule has 5 nitrogen and oxygen atoms in total. The highest BCUT2D eigenvalue weighted by atomic mass is 16.5. The fraction of sp³-hybridized carbons (Fsp3) is 0.947. The first-order valence-corrected chi connectivity index (χ1v) is 9.78. The van der Waals surface area contributed by atoms with E-state index in [1.807, 2.05) is 0 Å². The Bertz CT molecular complexity index is 416. The SMILES string of the molecule is CC(=O)NC[C@H]1CO[C@H](C2CCC(C3CCCC3)CC2)[C@H](O)[C@@H]1O. The van der Waals surface area contributed by atoms with Crippen molar-refractivity contribution in [2.24, 2.45) is 23.7 Å². The van der Waals surface area contributed by atoms with Gasteiger partial charge in [-0.3, -0.25) is 4.79 Å². The lowest BCUT2D eigenvalue weighted by Crippen LogP contribution is -2.55. The minimum Gasteiger partial charge on any atom is -0.390 e. The number of carbonyl (C=O) groups is 1. The second-order valence-corrected chi connectivity index (χ2v) is 8.20. The zero-order chi connectivity index (χ0) is 17.1. The van der Waals surface area contributed by atoms with Crippen molar-refractivity contribution in [1.29, 1.82) is 0 Å². The monoisotopic (exact) mass is 339 g/mol. The van der Waals surface area contributed by atoms with Crippen molar-refractivity contribution >= 4 is 5.91 Å². The van der Waals surface area contributed by atoms with E-state index in [1.54, 1.807) is 0 Å². The second kappa shape index (κ2) is 8.15. The predicted molar refractivity (Wildman–Crippen MR) is 91.3 cm³/mol. The van der Waals surface area contributed by atoms with Crippen LogP contribution in [0.2, 0.25) is 0 Å². The molecule has 0 aromatic carbocycles. The lowest BCUT2D eigenvalue weighted by molar-refractivity contribution is -0.184. The normalized spacial score (nSPS) is 41.3. The highest BCUT2D eigenvalue weighted by Crippen LogP contribution is 2.43. The number of aliphatic hydroxyl groups is 2. The van der Waals surface area contributed by atoms with Crippen LogP contribution in [0.3, 0.4) is 0 Å². The largest absolute Gasteiger partial charge is 0.390 e. The third-order valence-corrected chi connectivity index (χ3v) is 6.63. The maximum atomic E-state index is 11.0. The second-order valence-electron chi connectivity index (χ2n) is 8.20. The van der Waals surface area contributed by atoms with E-state index in [2.05, 4.69) is 5.32 Å². The number of rotatable bonds is 4. The summed E-state index contributed by atoms with van der Waals surface area (Å²) in [7, 11) is 0. The third kappa shape index (κ3) is 4.12. The molecule has 0 aromatic heterocycles. The molecular formula is C19H33NO4. The zero-order valence-corrected chi connectivity index (χ0v) is 14.8. The first kappa shape index (κ1) is 18.2. The Labute approximate surface area is 145 Å². The lowest BCUT2D eigenvalue weighted by atomic mass is 9.72. The van der Waals surface area contributed by atoms with Gasteiger partial charge in [-0.15, -0.1) is 0 Å². The Morgan fingerprint density at radius 2 is 1.54 bits per heavy atom. The first-order chi connectivity index (χ1) is 11.6. The van der Waals surface area contributed by atoms with Gasteiger partial charge in [0.2, 0.25) is 5.91 Å². The van der Waals surface area contributed by atoms with Crippen LogP contribution < -0.4 is 5.32 Å². The Kier molecular flexibility index (Phi) is 6.17. The van der Waals surface area contributed by atoms with Crippen molar-refractivity contribution in [3.05, 3.63) is 0 Å². The van der Waals surface area contributed by atoms with Gasteiger partial charge in [0.25, 0.3) is 0 Å². The van der Waals surface area contributed by atoms with Crippen molar-refractivity contribution < 1.29 is 19.7 Å². The summed E-state index contributed by atoms with van der Waals surface area (Å²) in [6.45, 7) is 2.22. The van der Waals surface area contributed by atoms with Gasteiger partial charge in [-0.25, -0.2) is 0 Å². The molecule has 3 fully saturated rings. The molecule has 0 radical (unpaired) electrons. The molecule has 24 heavy (non-hydrogen) atoms. The van der Waals surface area contributed by atoms with Gasteiger partial charge in [-0.2, -0.15) is 0 Å². The van der Waals surface area contributed by atoms with E-state index in [0.717, 1.165) is 24.7 Å². The summed E-state index contributed by atoms with van der Waals surface area (Å²) >= 11 is 0. The average Bonchev–Trinajstić information content (AvgIpc) is 3.11. The van der Waals surface area contributed by atoms with Crippen molar-refractivity contribution in [1.82, 2.24) is 5.32 Å². The van der Waals surface area contributed by atoms with E-state index in [-0.39, 0.29) is 17.9 Å². The summed E-state index contributed by atoms with van der Waals surface area (Å²) in [4.78, 5) is 11.0. The highest BCUT2D eigenvalue weighted by Gasteiger charge is 2.43. The predicted octanol–water partition coefficient (Wildman–Crippen LogP) is 1.86. The summed E-state index contributed by atoms with van der Waals surface area (Å²) in [6.07, 6.45) is 8.39. The van der Waals surface area contributed by atoms with Crippen molar-refractivity contribution in [2.75, 3.05) is 13.2 Å². The van der Waals surface area contributed by atoms with E-state index in [1.165, 1.54) is 45.4 Å². The van der Waals surface area contributed by atoms with Gasteiger partial charge in [0.15, 0.2) is 0 Å². The number of ether oxygens (including phenoxy) is 1. The van der Waals surface area contributed by atoms with Crippen LogP contribution in [-0.4, -0.2) is 47.6 Å². The maximum absolute atomic E-state index is 11.0. The van der Waals surface area contributed by atoms with E-state index in [9.17, 15) is 15.0 Å². The van der Waals surface area contributed by atoms with Gasteiger partial charge in [0.05, 0.1) is 18.8 Å². The van der Waals surface area contributed by atoms with Crippen molar-refractivity contribution in [2.45, 2.75) is 76.6 Å². The van der Waals surface area contributed by atoms with Crippen LogP contribution in [0.4, 0.5) is 0 Å². The molecular weight excluding hydrogens is 306 g/mol. The van der Waals surface area contributed by atoms with E-state index in [0.29, 0.717) is 19.1 Å². The van der Waals surface area contributed by atoms with E-state index in [4.69, 9.17) is 4.74 Å². The fourth-order valence-corrected chi connectivity index (χ4v) is 5.15. The molecule has 1 amide bonds. The molecule has 2 saturated carbocycles. The number of nitrogens with one attached hydrogen (secondary N) is 1. The molecule has 0 aromatic rings. The van der Waals surface area contributed by atoms with Crippen molar-refractivity contribution in [3.8, 4) is 0 Å². The van der Waals surface area contributed by atoms with Gasteiger partial charge < -0.3 is 20.3 Å². The minimum absolute atomic E-state index is 0.121. The molecule has 0 bridgehead atoms. The number of hydrogen-bond donors (Lipinski definition) is 3. The average molecular weight is 339 g/mol. The molecule has 0 spiro atoms. The Balaban J connectivity index is 1.48. The Morgan fingerprint density at radius 1 is 0.958 bits per heavy atom. The van der Waals surface area contributed by atoms with E-state index < -0.39 is 12.2 Å². The van der Waals surface area contributed by atoms with Crippen LogP contribution in [-0.2, 0) is 9.53 Å². The fourth-order valence-electron chi connectivity index (χ4n) is 5.15. The lowest BCUT2D eigenvalue weighted by Gasteiger charge is -2.43. The molecule has 138 valence electrons. The number of aliphatic hydroxyl groups excluding tert-OH is 2. The van der Waals surface area contributed by atoms with Crippen LogP contribution >= 0.6 is 0 Å². The van der Waals surface area contributed by atoms with Crippen LogP contribution in [0.5, 0.6) is 0 Å². The van der Waals surface area contributed by atoms with Crippen LogP contribution in [0, 0.1) is 23.7 Å². The molecule has 0 unspecified atom stereocenters. The standard InChI is InChI=1S/C19H33NO4/c1-12(21)20-10-16-11-24-19(18(23)17(16)22)15-8-6-14(7-9-15)13-4-2-3-5-13/h13-19,22-23H,2-11H2,1H3,(H,20,21)/t14?,15?,16-,17+,18+,19+/m0/s1. The quantitative estimate of drug-likeness (QED) is 0.730. The first-order valence-electron chi connectivity index (χ1n) is 9.78. The molecule has 3 rings (SSSR count). The number of carbonyl (C=O) groups excluding carboxylic acids is 1. The Hall–Kier alpha value is -0.650. The summed E-state index contributed by atoms with van der Waals surface area (Å²) in [5.41, 5.74) is 0. The summed E-state index contributed by atoms with van der Waals surface area (Å²) in [5, 5.41) is 23.6. The van der Waals surface area contributed by atoms with Gasteiger partial charge in [0.1, 0.15) is 6.10 Å². The van der Waals surface area contributed by atoms with Crippen molar-refractivity contribution in [3.63, 3.8) is 0 Å². The maximum Gasteiger partial charge on any atom is 0.216 e. The molecule has 1 heterocycles. The highest BCUT2D eigenvalue weighted by molar-refractivity contribution is 5.72. The molecule has 5 heteroatoms. The third-order valence-electron chi connectivity index (χ3n) is 6.63. The van der Waals surface area contributed by atoms with Gasteiger partial charge in [-0.1, -0.05) is 25.7 Å². The molecule has 4 atom stereocenters. The Morgan fingerprint density at radius 3 is 2.17 bits per heavy atom. The van der Waals surface area contributed by atoms with Gasteiger partial charge >= 0.3 is 0 Å². The topological polar surface area (TPSA) is 78.8 Å². The van der Waals surface area contributed by atoms with Gasteiger partial charge in [0, 0.05) is 19.4 Å². The molecule has 2 aliphatic carbocycles. The molecule has 1 aliphatic heterocycles. The van der Waals surface area contributed by atoms with Crippen LogP contribution in [0.25, 0.3) is 0 Å². The zero-order valence-electron chi connectivity index (χ0n) is 14.8. The summed E-state index contributed by atoms with van der Waals surface area (Å²) in [6, 6.07) is 0. The molecule has 3 aliphatic rings. The van der Waals surface area contributed by atoms with E-state index >= 15 is 0 Å². The number of hydrogen-bond acceptors (Lipinski definition) is 4. The van der Waals surface area contributed by atoms with Crippen LogP contribution in [0.1, 0.15) is 58.3 Å². The molecule has 3 N–H and O–H groups in total. The minimum atomic E-state index is -0.842. The summed E-state index contributed by atoms with van der Waals surface area (Å²) in [5.74, 6) is 1.80. The van der Waals surface area contributed by atoms with Crippen LogP contribution in [0.15, 0.2) is 0 Å². The number of amides is 1. The molecule has 1 saturated heterocycles. The van der Waals surface area contributed by atoms with Gasteiger partial charge in [-0.05, 0) is 43.4 Å². The smallest absolute Gasteiger partial charge is 0.216 e. The summed E-state index contributed by atoms with van der Waals surface area (Å²) < 4.78 is 5.94.